The first-order valence-corrected chi connectivity index (χ1v) is 6.41. The van der Waals surface area contributed by atoms with Crippen LogP contribution in [0.25, 0.3) is 0 Å². The van der Waals surface area contributed by atoms with Crippen molar-refractivity contribution < 1.29 is 4.39 Å². The van der Waals surface area contributed by atoms with Gasteiger partial charge in [0.25, 0.3) is 0 Å². The van der Waals surface area contributed by atoms with Gasteiger partial charge in [-0.3, -0.25) is 4.90 Å². The first kappa shape index (κ1) is 15.1. The maximum atomic E-state index is 13.6. The van der Waals surface area contributed by atoms with Crippen LogP contribution in [0.1, 0.15) is 37.9 Å². The Kier molecular flexibility index (Phi) is 4.88. The standard InChI is InChI=1S/C15H25FN2/c1-11-6-7-12(8-13(11)16)14(9-17)18(5)10-15(2,3)4/h6-8,14H,9-10,17H2,1-5H3. The van der Waals surface area contributed by atoms with Gasteiger partial charge in [-0.15, -0.1) is 0 Å². The lowest BCUT2D eigenvalue weighted by molar-refractivity contribution is 0.175. The number of hydrogen-bond donors (Lipinski definition) is 1. The van der Waals surface area contributed by atoms with E-state index in [1.165, 1.54) is 0 Å². The summed E-state index contributed by atoms with van der Waals surface area (Å²) >= 11 is 0. The van der Waals surface area contributed by atoms with Crippen LogP contribution in [0.5, 0.6) is 0 Å². The number of hydrogen-bond acceptors (Lipinski definition) is 2. The predicted octanol–water partition coefficient (Wildman–Crippen LogP) is 3.11. The highest BCUT2D eigenvalue weighted by Gasteiger charge is 2.21. The second-order valence-electron chi connectivity index (χ2n) is 6.24. The van der Waals surface area contributed by atoms with Gasteiger partial charge in [-0.1, -0.05) is 32.9 Å². The van der Waals surface area contributed by atoms with E-state index in [1.807, 2.05) is 19.2 Å². The number of nitrogens with two attached hydrogens (primary N) is 1. The molecule has 0 bridgehead atoms. The minimum atomic E-state index is -0.157. The predicted molar refractivity (Wildman–Crippen MR) is 75.0 cm³/mol. The summed E-state index contributed by atoms with van der Waals surface area (Å²) in [7, 11) is 2.04. The van der Waals surface area contributed by atoms with E-state index in [-0.39, 0.29) is 17.3 Å². The van der Waals surface area contributed by atoms with Crippen LogP contribution in [0.3, 0.4) is 0 Å². The second kappa shape index (κ2) is 5.81. The minimum Gasteiger partial charge on any atom is -0.329 e. The molecule has 0 aliphatic carbocycles. The second-order valence-corrected chi connectivity index (χ2v) is 6.24. The number of nitrogens with zero attached hydrogens (tertiary/aromatic N) is 1. The summed E-state index contributed by atoms with van der Waals surface area (Å²) in [6.45, 7) is 9.75. The summed E-state index contributed by atoms with van der Waals surface area (Å²) in [5, 5.41) is 0. The van der Waals surface area contributed by atoms with Crippen LogP contribution in [0.2, 0.25) is 0 Å². The Morgan fingerprint density at radius 3 is 2.39 bits per heavy atom. The van der Waals surface area contributed by atoms with Crippen LogP contribution in [0.4, 0.5) is 4.39 Å². The van der Waals surface area contributed by atoms with E-state index in [2.05, 4.69) is 25.7 Å². The van der Waals surface area contributed by atoms with E-state index in [9.17, 15) is 4.39 Å². The summed E-state index contributed by atoms with van der Waals surface area (Å²) in [6.07, 6.45) is 0. The number of benzene rings is 1. The zero-order valence-corrected chi connectivity index (χ0v) is 12.1. The molecule has 1 aromatic carbocycles. The van der Waals surface area contributed by atoms with Crippen LogP contribution in [0, 0.1) is 18.2 Å². The van der Waals surface area contributed by atoms with Crippen molar-refractivity contribution in [2.45, 2.75) is 33.7 Å². The quantitative estimate of drug-likeness (QED) is 0.892. The SMILES string of the molecule is Cc1ccc(C(CN)N(C)CC(C)(C)C)cc1F. The van der Waals surface area contributed by atoms with Crippen LogP contribution < -0.4 is 5.73 Å². The molecule has 0 radical (unpaired) electrons. The molecule has 0 spiro atoms. The van der Waals surface area contributed by atoms with Gasteiger partial charge in [0.15, 0.2) is 0 Å². The van der Waals surface area contributed by atoms with Crippen molar-refractivity contribution in [1.29, 1.82) is 0 Å². The molecule has 0 saturated heterocycles. The molecule has 18 heavy (non-hydrogen) atoms. The van der Waals surface area contributed by atoms with Gasteiger partial charge in [0.2, 0.25) is 0 Å². The fourth-order valence-corrected chi connectivity index (χ4v) is 2.25. The van der Waals surface area contributed by atoms with Crippen molar-refractivity contribution in [1.82, 2.24) is 4.90 Å². The zero-order chi connectivity index (χ0) is 13.9. The highest BCUT2D eigenvalue weighted by Crippen LogP contribution is 2.24. The third kappa shape index (κ3) is 4.07. The Hall–Kier alpha value is -0.930. The molecule has 0 saturated carbocycles. The molecule has 3 heteroatoms. The first-order chi connectivity index (χ1) is 8.24. The average molecular weight is 252 g/mol. The van der Waals surface area contributed by atoms with Crippen LogP contribution in [-0.4, -0.2) is 25.0 Å². The van der Waals surface area contributed by atoms with Crippen molar-refractivity contribution in [3.63, 3.8) is 0 Å². The normalized spacial score (nSPS) is 14.0. The van der Waals surface area contributed by atoms with Crippen LogP contribution in [0.15, 0.2) is 18.2 Å². The highest BCUT2D eigenvalue weighted by atomic mass is 19.1. The summed E-state index contributed by atoms with van der Waals surface area (Å²) in [5.41, 5.74) is 7.67. The molecule has 1 atom stereocenters. The fourth-order valence-electron chi connectivity index (χ4n) is 2.25. The molecular weight excluding hydrogens is 227 g/mol. The van der Waals surface area contributed by atoms with Gasteiger partial charge in [-0.05, 0) is 36.6 Å². The Morgan fingerprint density at radius 1 is 1.33 bits per heavy atom. The van der Waals surface area contributed by atoms with Gasteiger partial charge in [0, 0.05) is 19.1 Å². The van der Waals surface area contributed by atoms with E-state index in [0.717, 1.165) is 12.1 Å². The molecule has 0 fully saturated rings. The summed E-state index contributed by atoms with van der Waals surface area (Å²) in [5.74, 6) is -0.157. The van der Waals surface area contributed by atoms with Gasteiger partial charge in [0.1, 0.15) is 5.82 Å². The van der Waals surface area contributed by atoms with Crippen molar-refractivity contribution in [3.05, 3.63) is 35.1 Å². The minimum absolute atomic E-state index is 0.0688. The molecule has 2 nitrogen and oxygen atoms in total. The molecule has 0 heterocycles. The van der Waals surface area contributed by atoms with Crippen LogP contribution >= 0.6 is 0 Å². The average Bonchev–Trinajstić information content (AvgIpc) is 2.21. The number of halogens is 1. The zero-order valence-electron chi connectivity index (χ0n) is 12.1. The first-order valence-electron chi connectivity index (χ1n) is 6.41. The maximum Gasteiger partial charge on any atom is 0.126 e. The van der Waals surface area contributed by atoms with E-state index in [4.69, 9.17) is 5.73 Å². The molecule has 0 aliphatic heterocycles. The van der Waals surface area contributed by atoms with Gasteiger partial charge < -0.3 is 5.73 Å². The third-order valence-corrected chi connectivity index (χ3v) is 3.06. The summed E-state index contributed by atoms with van der Waals surface area (Å²) in [6, 6.07) is 5.46. The number of rotatable bonds is 4. The number of aryl methyl sites for hydroxylation is 1. The highest BCUT2D eigenvalue weighted by molar-refractivity contribution is 5.26. The van der Waals surface area contributed by atoms with E-state index < -0.39 is 0 Å². The Labute approximate surface area is 110 Å². The monoisotopic (exact) mass is 252 g/mol. The molecule has 102 valence electrons. The Morgan fingerprint density at radius 2 is 1.94 bits per heavy atom. The van der Waals surface area contributed by atoms with Crippen molar-refractivity contribution in [3.8, 4) is 0 Å². The van der Waals surface area contributed by atoms with Gasteiger partial charge in [0.05, 0.1) is 0 Å². The van der Waals surface area contributed by atoms with Crippen molar-refractivity contribution >= 4 is 0 Å². The maximum absolute atomic E-state index is 13.6. The number of likely N-dealkylation sites (N-methyl/N-ethyl adjacent to an activating group) is 1. The summed E-state index contributed by atoms with van der Waals surface area (Å²) in [4.78, 5) is 2.20. The van der Waals surface area contributed by atoms with Crippen molar-refractivity contribution in [2.75, 3.05) is 20.1 Å². The van der Waals surface area contributed by atoms with E-state index in [0.29, 0.717) is 12.1 Å². The Bertz CT molecular complexity index is 396. The molecule has 2 N–H and O–H groups in total. The molecular formula is C15H25FN2. The summed E-state index contributed by atoms with van der Waals surface area (Å²) < 4.78 is 13.6. The van der Waals surface area contributed by atoms with Gasteiger partial charge >= 0.3 is 0 Å². The van der Waals surface area contributed by atoms with Gasteiger partial charge in [-0.2, -0.15) is 0 Å². The molecule has 0 aliphatic rings. The molecule has 0 aromatic heterocycles. The molecule has 0 amide bonds. The molecule has 1 aromatic rings. The largest absolute Gasteiger partial charge is 0.329 e. The van der Waals surface area contributed by atoms with Gasteiger partial charge in [-0.25, -0.2) is 4.39 Å². The lowest BCUT2D eigenvalue weighted by Gasteiger charge is -2.33. The van der Waals surface area contributed by atoms with Crippen LogP contribution in [-0.2, 0) is 0 Å². The third-order valence-electron chi connectivity index (χ3n) is 3.06. The van der Waals surface area contributed by atoms with Crippen molar-refractivity contribution in [2.24, 2.45) is 11.1 Å². The van der Waals surface area contributed by atoms with E-state index in [1.54, 1.807) is 13.0 Å². The molecule has 1 rings (SSSR count). The molecule has 1 unspecified atom stereocenters. The topological polar surface area (TPSA) is 29.3 Å². The Balaban J connectivity index is 2.91. The fraction of sp³-hybridized carbons (Fsp3) is 0.600. The lowest BCUT2D eigenvalue weighted by Crippen LogP contribution is -2.36. The van der Waals surface area contributed by atoms with E-state index >= 15 is 0 Å². The lowest BCUT2D eigenvalue weighted by atomic mass is 9.94. The smallest absolute Gasteiger partial charge is 0.126 e.